The standard InChI is InChI=1S/C15H26N2O5/c1-2-3-4-5-6-7-8-9-10-11-14(16-12-18,17-13-19)15(20,21)22/h20-22H,2-11H2,1H3. The monoisotopic (exact) mass is 314 g/mol. The second-order valence-corrected chi connectivity index (χ2v) is 5.44. The fourth-order valence-electron chi connectivity index (χ4n) is 2.29. The van der Waals surface area contributed by atoms with Gasteiger partial charge in [0.05, 0.1) is 0 Å². The molecule has 0 heterocycles. The largest absolute Gasteiger partial charge is 0.340 e. The Balaban J connectivity index is 4.21. The maximum atomic E-state index is 10.4. The third-order valence-electron chi connectivity index (χ3n) is 3.63. The van der Waals surface area contributed by atoms with Gasteiger partial charge in [0.15, 0.2) is 0 Å². The van der Waals surface area contributed by atoms with Crippen LogP contribution in [-0.2, 0) is 9.59 Å². The highest BCUT2D eigenvalue weighted by Gasteiger charge is 2.49. The molecule has 0 aromatic carbocycles. The van der Waals surface area contributed by atoms with Gasteiger partial charge in [-0.1, -0.05) is 58.3 Å². The van der Waals surface area contributed by atoms with Crippen LogP contribution in [0.3, 0.4) is 0 Å². The summed E-state index contributed by atoms with van der Waals surface area (Å²) in [6.07, 6.45) is 11.3. The van der Waals surface area contributed by atoms with Crippen LogP contribution in [0, 0.1) is 0 Å². The number of carbonyl (C=O) groups excluding carboxylic acids is 2. The minimum atomic E-state index is -3.40. The van der Waals surface area contributed by atoms with Gasteiger partial charge in [0.1, 0.15) is 0 Å². The number of aliphatic imine (C=N–C) groups is 2. The van der Waals surface area contributed by atoms with Gasteiger partial charge in [0.25, 0.3) is 5.66 Å². The van der Waals surface area contributed by atoms with E-state index in [0.717, 1.165) is 37.8 Å². The van der Waals surface area contributed by atoms with Gasteiger partial charge in [0.2, 0.25) is 12.2 Å². The van der Waals surface area contributed by atoms with Crippen molar-refractivity contribution in [1.29, 1.82) is 0 Å². The summed E-state index contributed by atoms with van der Waals surface area (Å²) < 4.78 is 0. The van der Waals surface area contributed by atoms with Crippen LogP contribution in [0.5, 0.6) is 0 Å². The van der Waals surface area contributed by atoms with E-state index in [4.69, 9.17) is 0 Å². The normalized spacial score (nSPS) is 13.8. The van der Waals surface area contributed by atoms with E-state index in [2.05, 4.69) is 16.9 Å². The van der Waals surface area contributed by atoms with Crippen LogP contribution in [0.4, 0.5) is 0 Å². The smallest absolute Gasteiger partial charge is 0.325 e. The fraction of sp³-hybridized carbons (Fsp3) is 0.867. The lowest BCUT2D eigenvalue weighted by Gasteiger charge is -2.30. The second-order valence-electron chi connectivity index (χ2n) is 5.44. The Hall–Kier alpha value is -1.36. The van der Waals surface area contributed by atoms with E-state index in [1.54, 1.807) is 0 Å². The van der Waals surface area contributed by atoms with Gasteiger partial charge in [0, 0.05) is 6.42 Å². The first-order valence-corrected chi connectivity index (χ1v) is 7.78. The van der Waals surface area contributed by atoms with E-state index in [1.165, 1.54) is 25.7 Å². The van der Waals surface area contributed by atoms with Gasteiger partial charge in [-0.25, -0.2) is 9.59 Å². The van der Waals surface area contributed by atoms with Crippen LogP contribution in [0.25, 0.3) is 0 Å². The number of rotatable bonds is 13. The number of hydrogen-bond acceptors (Lipinski definition) is 7. The Morgan fingerprint density at radius 2 is 1.18 bits per heavy atom. The first-order chi connectivity index (χ1) is 10.4. The second kappa shape index (κ2) is 11.2. The lowest BCUT2D eigenvalue weighted by Crippen LogP contribution is -2.51. The van der Waals surface area contributed by atoms with Crippen LogP contribution in [-0.4, -0.2) is 39.1 Å². The van der Waals surface area contributed by atoms with E-state index >= 15 is 0 Å². The Labute approximate surface area is 130 Å². The van der Waals surface area contributed by atoms with Crippen molar-refractivity contribution in [2.24, 2.45) is 9.98 Å². The van der Waals surface area contributed by atoms with Crippen molar-refractivity contribution < 1.29 is 24.9 Å². The SMILES string of the molecule is CCCCCCCCCCCC(N=C=O)(N=C=O)C(O)(O)O. The molecule has 0 aromatic rings. The van der Waals surface area contributed by atoms with Crippen molar-refractivity contribution in [3.05, 3.63) is 0 Å². The van der Waals surface area contributed by atoms with Gasteiger partial charge in [-0.2, -0.15) is 9.98 Å². The highest BCUT2D eigenvalue weighted by molar-refractivity contribution is 5.39. The molecule has 3 N–H and O–H groups in total. The molecule has 0 spiro atoms. The predicted molar refractivity (Wildman–Crippen MR) is 80.2 cm³/mol. The summed E-state index contributed by atoms with van der Waals surface area (Å²) in [5.74, 6) is -3.40. The molecule has 7 nitrogen and oxygen atoms in total. The van der Waals surface area contributed by atoms with Crippen LogP contribution in [0.15, 0.2) is 9.98 Å². The third-order valence-corrected chi connectivity index (χ3v) is 3.63. The Bertz CT molecular complexity index is 375. The topological polar surface area (TPSA) is 120 Å². The highest BCUT2D eigenvalue weighted by Crippen LogP contribution is 2.30. The van der Waals surface area contributed by atoms with Crippen LogP contribution >= 0.6 is 0 Å². The number of isocyanates is 2. The summed E-state index contributed by atoms with van der Waals surface area (Å²) in [5.41, 5.74) is -2.35. The van der Waals surface area contributed by atoms with Crippen LogP contribution in [0.2, 0.25) is 0 Å². The van der Waals surface area contributed by atoms with Gasteiger partial charge in [-0.15, -0.1) is 0 Å². The first kappa shape index (κ1) is 20.6. The lowest BCUT2D eigenvalue weighted by atomic mass is 9.99. The first-order valence-electron chi connectivity index (χ1n) is 7.78. The molecule has 0 rings (SSSR count). The predicted octanol–water partition coefficient (Wildman–Crippen LogP) is 1.91. The van der Waals surface area contributed by atoms with E-state index in [-0.39, 0.29) is 6.42 Å². The van der Waals surface area contributed by atoms with Gasteiger partial charge in [-0.3, -0.25) is 0 Å². The van der Waals surface area contributed by atoms with Crippen molar-refractivity contribution in [2.75, 3.05) is 0 Å². The van der Waals surface area contributed by atoms with E-state index < -0.39 is 11.6 Å². The molecule has 0 amide bonds. The molecule has 0 aliphatic carbocycles. The quantitative estimate of drug-likeness (QED) is 0.207. The van der Waals surface area contributed by atoms with E-state index in [1.807, 2.05) is 0 Å². The number of hydrogen-bond donors (Lipinski definition) is 3. The maximum absolute atomic E-state index is 10.4. The summed E-state index contributed by atoms with van der Waals surface area (Å²) in [7, 11) is 0. The fourth-order valence-corrected chi connectivity index (χ4v) is 2.29. The number of unbranched alkanes of at least 4 members (excludes halogenated alkanes) is 8. The zero-order valence-electron chi connectivity index (χ0n) is 13.1. The minimum Gasteiger partial charge on any atom is -0.340 e. The average molecular weight is 314 g/mol. The molecule has 22 heavy (non-hydrogen) atoms. The summed E-state index contributed by atoms with van der Waals surface area (Å²) in [5, 5.41) is 27.8. The molecule has 0 atom stereocenters. The van der Waals surface area contributed by atoms with Crippen molar-refractivity contribution in [2.45, 2.75) is 82.8 Å². The summed E-state index contributed by atoms with van der Waals surface area (Å²) >= 11 is 0. The molecular weight excluding hydrogens is 288 g/mol. The van der Waals surface area contributed by atoms with Gasteiger partial charge >= 0.3 is 5.97 Å². The van der Waals surface area contributed by atoms with Crippen molar-refractivity contribution in [3.63, 3.8) is 0 Å². The molecular formula is C15H26N2O5. The Kier molecular flexibility index (Phi) is 10.5. The molecule has 7 heteroatoms. The molecule has 0 aromatic heterocycles. The zero-order valence-corrected chi connectivity index (χ0v) is 13.1. The summed E-state index contributed by atoms with van der Waals surface area (Å²) in [6.45, 7) is 2.17. The number of nitrogens with zero attached hydrogens (tertiary/aromatic N) is 2. The van der Waals surface area contributed by atoms with Crippen molar-refractivity contribution >= 4 is 12.2 Å². The van der Waals surface area contributed by atoms with Crippen molar-refractivity contribution in [3.8, 4) is 0 Å². The van der Waals surface area contributed by atoms with Crippen molar-refractivity contribution in [1.82, 2.24) is 0 Å². The van der Waals surface area contributed by atoms with E-state index in [0.29, 0.717) is 6.42 Å². The van der Waals surface area contributed by atoms with Crippen LogP contribution < -0.4 is 0 Å². The molecule has 126 valence electrons. The molecule has 0 bridgehead atoms. The number of aliphatic hydroxyl groups is 3. The summed E-state index contributed by atoms with van der Waals surface area (Å²) in [6, 6.07) is 0. The summed E-state index contributed by atoms with van der Waals surface area (Å²) in [4.78, 5) is 27.0. The Morgan fingerprint density at radius 1 is 0.773 bits per heavy atom. The lowest BCUT2D eigenvalue weighted by molar-refractivity contribution is -0.347. The highest BCUT2D eigenvalue weighted by atomic mass is 16.7. The van der Waals surface area contributed by atoms with Gasteiger partial charge < -0.3 is 15.3 Å². The third kappa shape index (κ3) is 7.59. The van der Waals surface area contributed by atoms with E-state index in [9.17, 15) is 24.9 Å². The molecule has 0 fully saturated rings. The molecule has 0 aliphatic rings. The van der Waals surface area contributed by atoms with Gasteiger partial charge in [-0.05, 0) is 6.42 Å². The minimum absolute atomic E-state index is 0.156. The Morgan fingerprint density at radius 3 is 1.55 bits per heavy atom. The maximum Gasteiger partial charge on any atom is 0.325 e. The molecule has 0 radical (unpaired) electrons. The van der Waals surface area contributed by atoms with Crippen LogP contribution in [0.1, 0.15) is 71.1 Å². The molecule has 0 saturated heterocycles. The zero-order chi connectivity index (χ0) is 16.9. The molecule has 0 saturated carbocycles. The molecule has 0 aliphatic heterocycles. The average Bonchev–Trinajstić information content (AvgIpc) is 2.44. The molecule has 0 unspecified atom stereocenters.